The molecule has 0 aliphatic rings. The Kier molecular flexibility index (Phi) is 4.57. The van der Waals surface area contributed by atoms with Crippen molar-refractivity contribution in [1.82, 2.24) is 0 Å². The molecule has 0 aliphatic heterocycles. The van der Waals surface area contributed by atoms with Crippen molar-refractivity contribution >= 4 is 17.3 Å². The summed E-state index contributed by atoms with van der Waals surface area (Å²) in [6.45, 7) is 0.372. The second-order valence-corrected chi connectivity index (χ2v) is 4.50. The van der Waals surface area contributed by atoms with Crippen LogP contribution in [-0.2, 0) is 6.54 Å². The van der Waals surface area contributed by atoms with Gasteiger partial charge < -0.3 is 15.2 Å². The number of nitro groups is 1. The number of carboxylic acids is 1. The Balaban J connectivity index is 2.17. The van der Waals surface area contributed by atoms with Crippen molar-refractivity contribution in [3.63, 3.8) is 0 Å². The molecule has 0 aliphatic carbocycles. The van der Waals surface area contributed by atoms with Crippen molar-refractivity contribution in [3.8, 4) is 5.75 Å². The molecule has 0 fully saturated rings. The van der Waals surface area contributed by atoms with Crippen molar-refractivity contribution in [2.75, 3.05) is 12.4 Å². The molecule has 0 heterocycles. The highest BCUT2D eigenvalue weighted by Gasteiger charge is 2.17. The quantitative estimate of drug-likeness (QED) is 0.628. The fourth-order valence-corrected chi connectivity index (χ4v) is 1.91. The lowest BCUT2D eigenvalue weighted by atomic mass is 10.1. The van der Waals surface area contributed by atoms with Gasteiger partial charge in [-0.3, -0.25) is 10.1 Å². The van der Waals surface area contributed by atoms with E-state index in [0.717, 1.165) is 17.4 Å². The highest BCUT2D eigenvalue weighted by atomic mass is 16.6. The molecular formula is C15H14N2O5. The summed E-state index contributed by atoms with van der Waals surface area (Å²) in [6.07, 6.45) is 0. The fraction of sp³-hybridized carbons (Fsp3) is 0.133. The van der Waals surface area contributed by atoms with Crippen molar-refractivity contribution in [2.45, 2.75) is 6.54 Å². The fourth-order valence-electron chi connectivity index (χ4n) is 1.91. The standard InChI is InChI=1S/C15H14N2O5/c1-22-12-5-2-10(3-6-12)9-16-13-7-4-11(15(18)19)8-14(13)17(20)21/h2-8,16H,9H2,1H3,(H,18,19). The summed E-state index contributed by atoms with van der Waals surface area (Å²) < 4.78 is 5.05. The lowest BCUT2D eigenvalue weighted by Crippen LogP contribution is -2.05. The first-order valence-electron chi connectivity index (χ1n) is 6.40. The molecule has 0 unspecified atom stereocenters. The molecule has 7 heteroatoms. The van der Waals surface area contributed by atoms with E-state index in [2.05, 4.69) is 5.32 Å². The van der Waals surface area contributed by atoms with E-state index in [-0.39, 0.29) is 16.9 Å². The van der Waals surface area contributed by atoms with E-state index in [1.807, 2.05) is 12.1 Å². The maximum atomic E-state index is 11.0. The third-order valence-corrected chi connectivity index (χ3v) is 3.08. The Bertz CT molecular complexity index is 698. The second kappa shape index (κ2) is 6.57. The molecule has 114 valence electrons. The summed E-state index contributed by atoms with van der Waals surface area (Å²) in [5, 5.41) is 22.9. The topological polar surface area (TPSA) is 102 Å². The molecule has 2 aromatic carbocycles. The van der Waals surface area contributed by atoms with E-state index in [4.69, 9.17) is 9.84 Å². The maximum absolute atomic E-state index is 11.0. The van der Waals surface area contributed by atoms with Gasteiger partial charge in [-0.1, -0.05) is 12.1 Å². The van der Waals surface area contributed by atoms with Crippen LogP contribution in [0, 0.1) is 10.1 Å². The summed E-state index contributed by atoms with van der Waals surface area (Å²) in [7, 11) is 1.57. The third-order valence-electron chi connectivity index (χ3n) is 3.08. The Morgan fingerprint density at radius 3 is 2.50 bits per heavy atom. The van der Waals surface area contributed by atoms with Gasteiger partial charge in [0.1, 0.15) is 11.4 Å². The van der Waals surface area contributed by atoms with Gasteiger partial charge in [0.05, 0.1) is 17.6 Å². The molecule has 2 rings (SSSR count). The molecule has 0 bridgehead atoms. The number of anilines is 1. The van der Waals surface area contributed by atoms with Crippen LogP contribution in [0.5, 0.6) is 5.75 Å². The minimum absolute atomic E-state index is 0.123. The monoisotopic (exact) mass is 302 g/mol. The van der Waals surface area contributed by atoms with Crippen LogP contribution in [0.2, 0.25) is 0 Å². The van der Waals surface area contributed by atoms with Gasteiger partial charge in [0.2, 0.25) is 0 Å². The predicted octanol–water partition coefficient (Wildman–Crippen LogP) is 2.91. The predicted molar refractivity (Wildman–Crippen MR) is 80.4 cm³/mol. The van der Waals surface area contributed by atoms with Gasteiger partial charge >= 0.3 is 5.97 Å². The molecule has 2 aromatic rings. The van der Waals surface area contributed by atoms with Gasteiger partial charge in [0.15, 0.2) is 0 Å². The first kappa shape index (κ1) is 15.3. The second-order valence-electron chi connectivity index (χ2n) is 4.50. The van der Waals surface area contributed by atoms with Crippen molar-refractivity contribution < 1.29 is 19.6 Å². The molecule has 0 saturated heterocycles. The Labute approximate surface area is 126 Å². The van der Waals surface area contributed by atoms with E-state index in [0.29, 0.717) is 6.54 Å². The van der Waals surface area contributed by atoms with Gasteiger partial charge in [0.25, 0.3) is 5.69 Å². The zero-order chi connectivity index (χ0) is 16.1. The smallest absolute Gasteiger partial charge is 0.335 e. The van der Waals surface area contributed by atoms with Gasteiger partial charge in [-0.15, -0.1) is 0 Å². The average molecular weight is 302 g/mol. The highest BCUT2D eigenvalue weighted by Crippen LogP contribution is 2.26. The maximum Gasteiger partial charge on any atom is 0.335 e. The molecule has 0 aromatic heterocycles. The molecule has 0 saturated carbocycles. The summed E-state index contributed by atoms with van der Waals surface area (Å²) in [6, 6.07) is 11.0. The lowest BCUT2D eigenvalue weighted by molar-refractivity contribution is -0.384. The van der Waals surface area contributed by atoms with Crippen LogP contribution in [0.25, 0.3) is 0 Å². The number of rotatable bonds is 6. The van der Waals surface area contributed by atoms with Crippen LogP contribution >= 0.6 is 0 Å². The van der Waals surface area contributed by atoms with Crippen LogP contribution < -0.4 is 10.1 Å². The number of nitrogens with zero attached hydrogens (tertiary/aromatic N) is 1. The zero-order valence-electron chi connectivity index (χ0n) is 11.8. The summed E-state index contributed by atoms with van der Waals surface area (Å²) >= 11 is 0. The molecule has 0 spiro atoms. The van der Waals surface area contributed by atoms with Gasteiger partial charge in [-0.05, 0) is 29.8 Å². The Morgan fingerprint density at radius 2 is 1.95 bits per heavy atom. The van der Waals surface area contributed by atoms with E-state index in [9.17, 15) is 14.9 Å². The number of methoxy groups -OCH3 is 1. The molecule has 2 N–H and O–H groups in total. The molecule has 22 heavy (non-hydrogen) atoms. The number of hydrogen-bond donors (Lipinski definition) is 2. The van der Waals surface area contributed by atoms with Gasteiger partial charge in [0, 0.05) is 12.6 Å². The lowest BCUT2D eigenvalue weighted by Gasteiger charge is -2.08. The molecule has 0 radical (unpaired) electrons. The number of ether oxygens (including phenoxy) is 1. The number of carboxylic acid groups (broad SMARTS) is 1. The molecule has 7 nitrogen and oxygen atoms in total. The van der Waals surface area contributed by atoms with E-state index >= 15 is 0 Å². The van der Waals surface area contributed by atoms with E-state index in [1.54, 1.807) is 19.2 Å². The van der Waals surface area contributed by atoms with Crippen LogP contribution in [0.4, 0.5) is 11.4 Å². The first-order valence-corrected chi connectivity index (χ1v) is 6.40. The minimum atomic E-state index is -1.20. The van der Waals surface area contributed by atoms with Crippen LogP contribution in [0.1, 0.15) is 15.9 Å². The zero-order valence-corrected chi connectivity index (χ0v) is 11.8. The van der Waals surface area contributed by atoms with Crippen molar-refractivity contribution in [1.29, 1.82) is 0 Å². The van der Waals surface area contributed by atoms with Crippen LogP contribution in [-0.4, -0.2) is 23.1 Å². The number of nitrogens with one attached hydrogen (secondary N) is 1. The molecule has 0 atom stereocenters. The Morgan fingerprint density at radius 1 is 1.27 bits per heavy atom. The van der Waals surface area contributed by atoms with Crippen LogP contribution in [0.15, 0.2) is 42.5 Å². The largest absolute Gasteiger partial charge is 0.497 e. The minimum Gasteiger partial charge on any atom is -0.497 e. The number of nitro benzene ring substituents is 1. The first-order chi connectivity index (χ1) is 10.5. The van der Waals surface area contributed by atoms with E-state index < -0.39 is 10.9 Å². The molecule has 0 amide bonds. The molecular weight excluding hydrogens is 288 g/mol. The number of benzene rings is 2. The van der Waals surface area contributed by atoms with Gasteiger partial charge in [-0.25, -0.2) is 4.79 Å². The summed E-state index contributed by atoms with van der Waals surface area (Å²) in [5.41, 5.74) is 0.790. The Hall–Kier alpha value is -3.09. The van der Waals surface area contributed by atoms with Crippen LogP contribution in [0.3, 0.4) is 0 Å². The number of hydrogen-bond acceptors (Lipinski definition) is 5. The highest BCUT2D eigenvalue weighted by molar-refractivity contribution is 5.89. The number of aromatic carboxylic acids is 1. The van der Waals surface area contributed by atoms with Crippen molar-refractivity contribution in [2.24, 2.45) is 0 Å². The van der Waals surface area contributed by atoms with Crippen molar-refractivity contribution in [3.05, 3.63) is 63.7 Å². The average Bonchev–Trinajstić information content (AvgIpc) is 2.53. The van der Waals surface area contributed by atoms with E-state index in [1.165, 1.54) is 12.1 Å². The normalized spacial score (nSPS) is 10.0. The number of carbonyl (C=O) groups is 1. The van der Waals surface area contributed by atoms with Gasteiger partial charge in [-0.2, -0.15) is 0 Å². The third kappa shape index (κ3) is 3.51. The SMILES string of the molecule is COc1ccc(CNc2ccc(C(=O)O)cc2[N+](=O)[O-])cc1. The summed E-state index contributed by atoms with van der Waals surface area (Å²) in [5.74, 6) is -0.481. The summed E-state index contributed by atoms with van der Waals surface area (Å²) in [4.78, 5) is 21.3.